The van der Waals surface area contributed by atoms with E-state index in [1.807, 2.05) is 36.4 Å². The molecule has 6 heteroatoms. The van der Waals surface area contributed by atoms with Gasteiger partial charge in [0.15, 0.2) is 0 Å². The van der Waals surface area contributed by atoms with Gasteiger partial charge in [-0.1, -0.05) is 34.1 Å². The Balaban J connectivity index is 2.00. The molecule has 0 saturated heterocycles. The number of fused-ring (bicyclic) bond motifs is 3. The lowest BCUT2D eigenvalue weighted by Gasteiger charge is -2.28. The van der Waals surface area contributed by atoms with Crippen molar-refractivity contribution in [1.29, 1.82) is 0 Å². The highest BCUT2D eigenvalue weighted by Gasteiger charge is 2.36. The summed E-state index contributed by atoms with van der Waals surface area (Å²) in [6, 6.07) is 13.1. The molecule has 3 rings (SSSR count). The summed E-state index contributed by atoms with van der Waals surface area (Å²) in [7, 11) is -3.14. The molecule has 1 aliphatic rings. The maximum atomic E-state index is 13.4. The fraction of sp³-hybridized carbons (Fsp3) is 0.235. The van der Waals surface area contributed by atoms with E-state index in [1.54, 1.807) is 13.0 Å². The highest BCUT2D eigenvalue weighted by molar-refractivity contribution is 9.10. The third kappa shape index (κ3) is 3.22. The summed E-state index contributed by atoms with van der Waals surface area (Å²) in [5.74, 6) is 0.226. The molecule has 2 aromatic rings. The summed E-state index contributed by atoms with van der Waals surface area (Å²) >= 11 is 3.45. The molecule has 0 aromatic heterocycles. The Bertz CT molecular complexity index is 803. The van der Waals surface area contributed by atoms with Crippen molar-refractivity contribution in [2.24, 2.45) is 0 Å². The molecule has 0 aliphatic carbocycles. The third-order valence-electron chi connectivity index (χ3n) is 3.66. The van der Waals surface area contributed by atoms with E-state index >= 15 is 0 Å². The highest BCUT2D eigenvalue weighted by Crippen LogP contribution is 2.55. The maximum Gasteiger partial charge on any atom is 0.306 e. The zero-order valence-corrected chi connectivity index (χ0v) is 15.1. The molecular formula is C17H16BrO4P. The van der Waals surface area contributed by atoms with Crippen molar-refractivity contribution in [3.05, 3.63) is 46.9 Å². The van der Waals surface area contributed by atoms with Crippen LogP contribution in [0, 0.1) is 0 Å². The molecule has 0 fully saturated rings. The van der Waals surface area contributed by atoms with E-state index < -0.39 is 7.37 Å². The van der Waals surface area contributed by atoms with Crippen molar-refractivity contribution in [3.63, 3.8) is 0 Å². The van der Waals surface area contributed by atoms with Gasteiger partial charge in [-0.25, -0.2) is 0 Å². The van der Waals surface area contributed by atoms with Gasteiger partial charge in [0, 0.05) is 16.2 Å². The van der Waals surface area contributed by atoms with Crippen molar-refractivity contribution in [2.75, 3.05) is 12.8 Å². The summed E-state index contributed by atoms with van der Waals surface area (Å²) in [4.78, 5) is 11.6. The average Bonchev–Trinajstić information content (AvgIpc) is 2.55. The fourth-order valence-electron chi connectivity index (χ4n) is 2.64. The smallest absolute Gasteiger partial charge is 0.306 e. The van der Waals surface area contributed by atoms with E-state index in [0.717, 1.165) is 15.6 Å². The first-order valence-corrected chi connectivity index (χ1v) is 9.97. The normalized spacial score (nSPS) is 18.5. The van der Waals surface area contributed by atoms with Gasteiger partial charge >= 0.3 is 5.97 Å². The van der Waals surface area contributed by atoms with Crippen LogP contribution in [-0.4, -0.2) is 18.7 Å². The molecule has 120 valence electrons. The predicted octanol–water partition coefficient (Wildman–Crippen LogP) is 4.37. The lowest BCUT2D eigenvalue weighted by molar-refractivity contribution is -0.142. The quantitative estimate of drug-likeness (QED) is 0.570. The average molecular weight is 395 g/mol. The SMILES string of the molecule is CCOC(=O)CCP1(=O)Oc2ccc(Br)cc2-c2ccccc21. The Hall–Kier alpha value is -1.58. The summed E-state index contributed by atoms with van der Waals surface area (Å²) in [5, 5.41) is 0.662. The summed E-state index contributed by atoms with van der Waals surface area (Å²) in [5.41, 5.74) is 1.79. The van der Waals surface area contributed by atoms with Crippen LogP contribution in [0.3, 0.4) is 0 Å². The van der Waals surface area contributed by atoms with Crippen LogP contribution in [-0.2, 0) is 14.1 Å². The van der Waals surface area contributed by atoms with Gasteiger partial charge in [0.05, 0.1) is 18.3 Å². The van der Waals surface area contributed by atoms with E-state index in [-0.39, 0.29) is 18.6 Å². The van der Waals surface area contributed by atoms with Crippen molar-refractivity contribution in [3.8, 4) is 16.9 Å². The Morgan fingerprint density at radius 3 is 2.78 bits per heavy atom. The first-order valence-electron chi connectivity index (χ1n) is 7.37. The molecular weight excluding hydrogens is 379 g/mol. The molecule has 1 atom stereocenters. The van der Waals surface area contributed by atoms with Crippen LogP contribution >= 0.6 is 23.3 Å². The lowest BCUT2D eigenvalue weighted by atomic mass is 10.0. The van der Waals surface area contributed by atoms with Crippen molar-refractivity contribution >= 4 is 34.6 Å². The predicted molar refractivity (Wildman–Crippen MR) is 93.6 cm³/mol. The first-order chi connectivity index (χ1) is 11.0. The van der Waals surface area contributed by atoms with Gasteiger partial charge in [0.1, 0.15) is 5.75 Å². The third-order valence-corrected chi connectivity index (χ3v) is 6.59. The molecule has 1 heterocycles. The minimum absolute atomic E-state index is 0.0747. The molecule has 2 aromatic carbocycles. The maximum absolute atomic E-state index is 13.4. The van der Waals surface area contributed by atoms with Gasteiger partial charge in [0.2, 0.25) is 0 Å². The largest absolute Gasteiger partial charge is 0.466 e. The number of halogens is 1. The summed E-state index contributed by atoms with van der Waals surface area (Å²) in [6.45, 7) is 2.07. The minimum atomic E-state index is -3.14. The van der Waals surface area contributed by atoms with Crippen LogP contribution in [0.5, 0.6) is 5.75 Å². The topological polar surface area (TPSA) is 52.6 Å². The molecule has 4 nitrogen and oxygen atoms in total. The second-order valence-corrected chi connectivity index (χ2v) is 8.58. The first kappa shape index (κ1) is 16.3. The zero-order valence-electron chi connectivity index (χ0n) is 12.6. The number of hydrogen-bond acceptors (Lipinski definition) is 4. The number of carbonyl (C=O) groups is 1. The van der Waals surface area contributed by atoms with Crippen LogP contribution in [0.1, 0.15) is 13.3 Å². The lowest BCUT2D eigenvalue weighted by Crippen LogP contribution is -2.21. The number of rotatable bonds is 4. The minimum Gasteiger partial charge on any atom is -0.466 e. The van der Waals surface area contributed by atoms with Crippen LogP contribution in [0.15, 0.2) is 46.9 Å². The van der Waals surface area contributed by atoms with Crippen LogP contribution < -0.4 is 9.83 Å². The van der Waals surface area contributed by atoms with E-state index in [1.165, 1.54) is 0 Å². The summed E-state index contributed by atoms with van der Waals surface area (Å²) in [6.07, 6.45) is 0.212. The van der Waals surface area contributed by atoms with Gasteiger partial charge in [-0.15, -0.1) is 0 Å². The molecule has 23 heavy (non-hydrogen) atoms. The second kappa shape index (κ2) is 6.50. The number of esters is 1. The van der Waals surface area contributed by atoms with Gasteiger partial charge in [0.25, 0.3) is 7.37 Å². The van der Waals surface area contributed by atoms with Crippen molar-refractivity contribution < 1.29 is 18.6 Å². The molecule has 1 aliphatic heterocycles. The van der Waals surface area contributed by atoms with Crippen LogP contribution in [0.2, 0.25) is 0 Å². The van der Waals surface area contributed by atoms with Crippen LogP contribution in [0.4, 0.5) is 0 Å². The Morgan fingerprint density at radius 2 is 2.00 bits per heavy atom. The van der Waals surface area contributed by atoms with Crippen LogP contribution in [0.25, 0.3) is 11.1 Å². The van der Waals surface area contributed by atoms with Gasteiger partial charge < -0.3 is 9.26 Å². The Labute approximate surface area is 143 Å². The number of ether oxygens (including phenoxy) is 1. The number of carbonyl (C=O) groups excluding carboxylic acids is 1. The van der Waals surface area contributed by atoms with Gasteiger partial charge in [-0.2, -0.15) is 0 Å². The number of benzene rings is 2. The molecule has 0 radical (unpaired) electrons. The standard InChI is InChI=1S/C17H16BrO4P/c1-2-21-17(19)9-10-23(20)16-6-4-3-5-13(16)14-11-12(18)7-8-15(14)22-23/h3-8,11H,2,9-10H2,1H3. The zero-order chi connectivity index (χ0) is 16.4. The molecule has 1 unspecified atom stereocenters. The van der Waals surface area contributed by atoms with Gasteiger partial charge in [-0.3, -0.25) is 9.36 Å². The van der Waals surface area contributed by atoms with Crippen molar-refractivity contribution in [1.82, 2.24) is 0 Å². The van der Waals surface area contributed by atoms with E-state index in [9.17, 15) is 9.36 Å². The monoisotopic (exact) mass is 394 g/mol. The molecule has 0 saturated carbocycles. The second-order valence-electron chi connectivity index (χ2n) is 5.20. The Kier molecular flexibility index (Phi) is 4.60. The van der Waals surface area contributed by atoms with Crippen molar-refractivity contribution in [2.45, 2.75) is 13.3 Å². The fourth-order valence-corrected chi connectivity index (χ4v) is 5.26. The molecule has 0 amide bonds. The van der Waals surface area contributed by atoms with E-state index in [2.05, 4.69) is 15.9 Å². The van der Waals surface area contributed by atoms with Gasteiger partial charge in [-0.05, 0) is 36.8 Å². The molecule has 0 bridgehead atoms. The molecule has 0 N–H and O–H groups in total. The molecule has 0 spiro atoms. The summed E-state index contributed by atoms with van der Waals surface area (Å²) < 4.78 is 25.1. The van der Waals surface area contributed by atoms with E-state index in [4.69, 9.17) is 9.26 Å². The highest BCUT2D eigenvalue weighted by atomic mass is 79.9. The Morgan fingerprint density at radius 1 is 1.22 bits per heavy atom. The van der Waals surface area contributed by atoms with E-state index in [0.29, 0.717) is 17.7 Å². The number of hydrogen-bond donors (Lipinski definition) is 0.